The fourth-order valence-electron chi connectivity index (χ4n) is 5.16. The molecule has 5 heteroatoms. The van der Waals surface area contributed by atoms with Crippen LogP contribution in [-0.4, -0.2) is 57.5 Å². The molecule has 0 spiro atoms. The molecule has 1 aromatic heterocycles. The zero-order valence-corrected chi connectivity index (χ0v) is 20.0. The molecule has 1 fully saturated rings. The predicted molar refractivity (Wildman–Crippen MR) is 135 cm³/mol. The minimum Gasteiger partial charge on any atom is -0.337 e. The van der Waals surface area contributed by atoms with Crippen molar-refractivity contribution in [3.8, 4) is 0 Å². The van der Waals surface area contributed by atoms with Crippen molar-refractivity contribution in [1.29, 1.82) is 0 Å². The van der Waals surface area contributed by atoms with E-state index in [-0.39, 0.29) is 11.9 Å². The predicted octanol–water partition coefficient (Wildman–Crippen LogP) is 5.10. The topological polar surface area (TPSA) is 41.4 Å². The fraction of sp³-hybridized carbons (Fsp3) is 0.357. The standard InChI is InChI=1S/C28H32N4O/c1-19(2)31-16-15-22(18-31)30(4)28(33)25-14-13-21(23-9-5-6-10-24(23)25)17-32-20(3)29-26-11-7-8-12-27(26)32/h5-14,19,22H,15-18H2,1-4H3. The first-order valence-corrected chi connectivity index (χ1v) is 11.9. The number of hydrogen-bond donors (Lipinski definition) is 0. The van der Waals surface area contributed by atoms with E-state index in [4.69, 9.17) is 4.98 Å². The van der Waals surface area contributed by atoms with Crippen molar-refractivity contribution in [3.05, 3.63) is 77.6 Å². The van der Waals surface area contributed by atoms with Gasteiger partial charge in [0, 0.05) is 44.3 Å². The Labute approximate surface area is 195 Å². The zero-order valence-electron chi connectivity index (χ0n) is 20.0. The third kappa shape index (κ3) is 3.91. The third-order valence-electron chi connectivity index (χ3n) is 7.21. The normalized spacial score (nSPS) is 16.8. The fourth-order valence-corrected chi connectivity index (χ4v) is 5.16. The maximum Gasteiger partial charge on any atom is 0.254 e. The molecule has 1 aliphatic rings. The molecule has 3 aromatic carbocycles. The number of fused-ring (bicyclic) bond motifs is 2. The SMILES string of the molecule is Cc1nc2ccccc2n1Cc1ccc(C(=O)N(C)C2CCN(C(C)C)C2)c2ccccc12. The molecule has 5 rings (SSSR count). The molecule has 0 bridgehead atoms. The first-order chi connectivity index (χ1) is 15.9. The number of imidazole rings is 1. The molecular weight excluding hydrogens is 408 g/mol. The smallest absolute Gasteiger partial charge is 0.254 e. The van der Waals surface area contributed by atoms with Gasteiger partial charge in [-0.2, -0.15) is 0 Å². The van der Waals surface area contributed by atoms with Crippen LogP contribution in [0.15, 0.2) is 60.7 Å². The van der Waals surface area contributed by atoms with Crippen molar-refractivity contribution in [2.24, 2.45) is 0 Å². The van der Waals surface area contributed by atoms with E-state index in [2.05, 4.69) is 72.7 Å². The Morgan fingerprint density at radius 1 is 1.06 bits per heavy atom. The Morgan fingerprint density at radius 3 is 2.55 bits per heavy atom. The second-order valence-electron chi connectivity index (χ2n) is 9.50. The van der Waals surface area contributed by atoms with Gasteiger partial charge in [0.25, 0.3) is 5.91 Å². The lowest BCUT2D eigenvalue weighted by Gasteiger charge is -2.27. The van der Waals surface area contributed by atoms with Gasteiger partial charge < -0.3 is 9.47 Å². The minimum atomic E-state index is 0.109. The Morgan fingerprint density at radius 2 is 1.79 bits per heavy atom. The molecule has 33 heavy (non-hydrogen) atoms. The van der Waals surface area contributed by atoms with Crippen molar-refractivity contribution in [3.63, 3.8) is 0 Å². The lowest BCUT2D eigenvalue weighted by molar-refractivity contribution is 0.0734. The van der Waals surface area contributed by atoms with E-state index in [1.165, 1.54) is 5.56 Å². The second kappa shape index (κ2) is 8.64. The summed E-state index contributed by atoms with van der Waals surface area (Å²) in [5, 5.41) is 2.15. The van der Waals surface area contributed by atoms with Crippen LogP contribution in [0.3, 0.4) is 0 Å². The molecule has 0 radical (unpaired) electrons. The quantitative estimate of drug-likeness (QED) is 0.433. The van der Waals surface area contributed by atoms with E-state index in [0.29, 0.717) is 6.04 Å². The van der Waals surface area contributed by atoms with Gasteiger partial charge in [-0.1, -0.05) is 42.5 Å². The molecule has 1 aliphatic heterocycles. The van der Waals surface area contributed by atoms with Gasteiger partial charge in [0.2, 0.25) is 0 Å². The molecule has 0 N–H and O–H groups in total. The summed E-state index contributed by atoms with van der Waals surface area (Å²) in [6.07, 6.45) is 1.03. The number of benzene rings is 3. The van der Waals surface area contributed by atoms with Crippen molar-refractivity contribution in [1.82, 2.24) is 19.4 Å². The molecule has 1 unspecified atom stereocenters. The number of aryl methyl sites for hydroxylation is 1. The highest BCUT2D eigenvalue weighted by atomic mass is 16.2. The molecule has 2 heterocycles. The number of rotatable bonds is 5. The average molecular weight is 441 g/mol. The first kappa shape index (κ1) is 21.7. The lowest BCUT2D eigenvalue weighted by atomic mass is 9.98. The number of carbonyl (C=O) groups is 1. The van der Waals surface area contributed by atoms with Crippen LogP contribution in [0.5, 0.6) is 0 Å². The van der Waals surface area contributed by atoms with E-state index < -0.39 is 0 Å². The molecule has 4 aromatic rings. The Bertz CT molecular complexity index is 1320. The summed E-state index contributed by atoms with van der Waals surface area (Å²) in [5.74, 6) is 1.11. The number of nitrogens with zero attached hydrogens (tertiary/aromatic N) is 4. The molecule has 0 aliphatic carbocycles. The minimum absolute atomic E-state index is 0.109. The summed E-state index contributed by atoms with van der Waals surface area (Å²) in [7, 11) is 1.96. The molecule has 5 nitrogen and oxygen atoms in total. The maximum absolute atomic E-state index is 13.6. The Hall–Kier alpha value is -3.18. The monoisotopic (exact) mass is 440 g/mol. The van der Waals surface area contributed by atoms with Gasteiger partial charge in [-0.15, -0.1) is 0 Å². The Kier molecular flexibility index (Phi) is 5.67. The van der Waals surface area contributed by atoms with Gasteiger partial charge in [0.1, 0.15) is 5.82 Å². The van der Waals surface area contributed by atoms with Crippen LogP contribution in [0.2, 0.25) is 0 Å². The summed E-state index contributed by atoms with van der Waals surface area (Å²) in [6.45, 7) is 9.23. The van der Waals surface area contributed by atoms with E-state index >= 15 is 0 Å². The van der Waals surface area contributed by atoms with Gasteiger partial charge in [0.05, 0.1) is 11.0 Å². The van der Waals surface area contributed by atoms with Crippen LogP contribution in [0.1, 0.15) is 42.0 Å². The van der Waals surface area contributed by atoms with E-state index in [1.807, 2.05) is 30.1 Å². The third-order valence-corrected chi connectivity index (χ3v) is 7.21. The number of likely N-dealkylation sites (N-methyl/N-ethyl adjacent to an activating group) is 1. The van der Waals surface area contributed by atoms with Crippen molar-refractivity contribution in [2.45, 2.75) is 45.8 Å². The molecular formula is C28H32N4O. The summed E-state index contributed by atoms with van der Waals surface area (Å²) in [5.41, 5.74) is 4.13. The largest absolute Gasteiger partial charge is 0.337 e. The molecule has 0 saturated carbocycles. The van der Waals surface area contributed by atoms with Gasteiger partial charge in [-0.3, -0.25) is 9.69 Å². The number of carbonyl (C=O) groups excluding carboxylic acids is 1. The average Bonchev–Trinajstić information content (AvgIpc) is 3.44. The highest BCUT2D eigenvalue weighted by Crippen LogP contribution is 2.28. The van der Waals surface area contributed by atoms with Gasteiger partial charge >= 0.3 is 0 Å². The van der Waals surface area contributed by atoms with Crippen molar-refractivity contribution >= 4 is 27.7 Å². The summed E-state index contributed by atoms with van der Waals surface area (Å²) in [4.78, 5) is 22.7. The lowest BCUT2D eigenvalue weighted by Crippen LogP contribution is -2.40. The number of hydrogen-bond acceptors (Lipinski definition) is 3. The van der Waals surface area contributed by atoms with Gasteiger partial charge in [-0.25, -0.2) is 4.98 Å². The summed E-state index contributed by atoms with van der Waals surface area (Å²) < 4.78 is 2.25. The maximum atomic E-state index is 13.6. The van der Waals surface area contributed by atoms with Crippen LogP contribution in [-0.2, 0) is 6.54 Å². The summed E-state index contributed by atoms with van der Waals surface area (Å²) >= 11 is 0. The van der Waals surface area contributed by atoms with Crippen LogP contribution in [0, 0.1) is 6.92 Å². The second-order valence-corrected chi connectivity index (χ2v) is 9.50. The molecule has 1 amide bonds. The van der Waals surface area contributed by atoms with Crippen LogP contribution in [0.25, 0.3) is 21.8 Å². The van der Waals surface area contributed by atoms with Crippen molar-refractivity contribution < 1.29 is 4.79 Å². The molecule has 170 valence electrons. The van der Waals surface area contributed by atoms with Crippen LogP contribution < -0.4 is 0 Å². The van der Waals surface area contributed by atoms with Gasteiger partial charge in [-0.05, 0) is 61.7 Å². The van der Waals surface area contributed by atoms with Crippen molar-refractivity contribution in [2.75, 3.05) is 20.1 Å². The van der Waals surface area contributed by atoms with E-state index in [9.17, 15) is 4.79 Å². The zero-order chi connectivity index (χ0) is 23.1. The first-order valence-electron chi connectivity index (χ1n) is 11.9. The van der Waals surface area contributed by atoms with Crippen LogP contribution >= 0.6 is 0 Å². The molecule has 1 atom stereocenters. The highest BCUT2D eigenvalue weighted by Gasteiger charge is 2.30. The number of likely N-dealkylation sites (tertiary alicyclic amines) is 1. The van der Waals surface area contributed by atoms with E-state index in [1.54, 1.807) is 0 Å². The number of para-hydroxylation sites is 2. The van der Waals surface area contributed by atoms with Gasteiger partial charge in [0.15, 0.2) is 0 Å². The number of aromatic nitrogens is 2. The Balaban J connectivity index is 1.48. The van der Waals surface area contributed by atoms with Crippen LogP contribution in [0.4, 0.5) is 0 Å². The molecule has 1 saturated heterocycles. The summed E-state index contributed by atoms with van der Waals surface area (Å²) in [6, 6.07) is 21.4. The number of amides is 1. The van der Waals surface area contributed by atoms with E-state index in [0.717, 1.165) is 59.2 Å². The highest BCUT2D eigenvalue weighted by molar-refractivity contribution is 6.08.